The smallest absolute Gasteiger partial charge is 0.167 e. The van der Waals surface area contributed by atoms with Crippen LogP contribution < -0.4 is 0 Å². The first kappa shape index (κ1) is 10.3. The van der Waals surface area contributed by atoms with Crippen molar-refractivity contribution in [1.29, 1.82) is 0 Å². The first-order valence-corrected chi connectivity index (χ1v) is 4.93. The third-order valence-corrected chi connectivity index (χ3v) is 2.72. The molecule has 0 N–H and O–H groups in total. The van der Waals surface area contributed by atoms with Gasteiger partial charge < -0.3 is 4.74 Å². The van der Waals surface area contributed by atoms with E-state index in [0.717, 1.165) is 31.4 Å². The standard InChI is InChI=1S/C11H18O2/c1-4-11(2,3)10(12)9-6-5-7-13-8-9/h8H,4-7H2,1-3H3. The highest BCUT2D eigenvalue weighted by atomic mass is 16.5. The molecule has 0 saturated carbocycles. The molecule has 1 rings (SSSR count). The van der Waals surface area contributed by atoms with Crippen molar-refractivity contribution in [2.45, 2.75) is 40.0 Å². The van der Waals surface area contributed by atoms with Gasteiger partial charge in [-0.1, -0.05) is 20.8 Å². The van der Waals surface area contributed by atoms with Gasteiger partial charge in [0.2, 0.25) is 0 Å². The number of ether oxygens (including phenoxy) is 1. The molecule has 0 aromatic carbocycles. The van der Waals surface area contributed by atoms with E-state index in [1.54, 1.807) is 6.26 Å². The van der Waals surface area contributed by atoms with E-state index in [1.807, 2.05) is 20.8 Å². The van der Waals surface area contributed by atoms with Crippen LogP contribution in [0, 0.1) is 5.41 Å². The van der Waals surface area contributed by atoms with Crippen LogP contribution in [0.25, 0.3) is 0 Å². The van der Waals surface area contributed by atoms with Gasteiger partial charge in [0.15, 0.2) is 5.78 Å². The number of rotatable bonds is 3. The topological polar surface area (TPSA) is 26.3 Å². The summed E-state index contributed by atoms with van der Waals surface area (Å²) in [5.74, 6) is 0.245. The Balaban J connectivity index is 2.71. The van der Waals surface area contributed by atoms with Crippen molar-refractivity contribution in [2.24, 2.45) is 5.41 Å². The fraction of sp³-hybridized carbons (Fsp3) is 0.727. The summed E-state index contributed by atoms with van der Waals surface area (Å²) in [5, 5.41) is 0. The molecule has 2 heteroatoms. The van der Waals surface area contributed by atoms with Crippen molar-refractivity contribution < 1.29 is 9.53 Å². The zero-order chi connectivity index (χ0) is 9.90. The lowest BCUT2D eigenvalue weighted by Gasteiger charge is -2.24. The summed E-state index contributed by atoms with van der Waals surface area (Å²) in [7, 11) is 0. The molecule has 13 heavy (non-hydrogen) atoms. The summed E-state index contributed by atoms with van der Waals surface area (Å²) in [4.78, 5) is 11.9. The predicted molar refractivity (Wildman–Crippen MR) is 52.3 cm³/mol. The highest BCUT2D eigenvalue weighted by Crippen LogP contribution is 2.28. The maximum atomic E-state index is 11.9. The number of hydrogen-bond donors (Lipinski definition) is 0. The van der Waals surface area contributed by atoms with E-state index in [4.69, 9.17) is 4.74 Å². The molecular weight excluding hydrogens is 164 g/mol. The van der Waals surface area contributed by atoms with Crippen LogP contribution in [0.3, 0.4) is 0 Å². The third-order valence-electron chi connectivity index (χ3n) is 2.72. The van der Waals surface area contributed by atoms with Gasteiger partial charge in [0.25, 0.3) is 0 Å². The first-order valence-electron chi connectivity index (χ1n) is 4.93. The minimum atomic E-state index is -0.230. The van der Waals surface area contributed by atoms with E-state index >= 15 is 0 Å². The molecule has 0 aliphatic carbocycles. The van der Waals surface area contributed by atoms with Crippen molar-refractivity contribution in [3.63, 3.8) is 0 Å². The molecule has 2 nitrogen and oxygen atoms in total. The molecule has 0 unspecified atom stereocenters. The summed E-state index contributed by atoms with van der Waals surface area (Å²) in [5.41, 5.74) is 0.630. The molecule has 1 aliphatic heterocycles. The Morgan fingerprint density at radius 3 is 2.77 bits per heavy atom. The van der Waals surface area contributed by atoms with Crippen molar-refractivity contribution in [3.8, 4) is 0 Å². The van der Waals surface area contributed by atoms with Gasteiger partial charge in [-0.25, -0.2) is 0 Å². The Labute approximate surface area is 80.0 Å². The maximum Gasteiger partial charge on any atom is 0.167 e. The van der Waals surface area contributed by atoms with E-state index < -0.39 is 0 Å². The largest absolute Gasteiger partial charge is 0.501 e. The van der Waals surface area contributed by atoms with Gasteiger partial charge in [0.1, 0.15) is 0 Å². The van der Waals surface area contributed by atoms with Crippen molar-refractivity contribution in [2.75, 3.05) is 6.61 Å². The van der Waals surface area contributed by atoms with Gasteiger partial charge >= 0.3 is 0 Å². The van der Waals surface area contributed by atoms with Gasteiger partial charge in [0, 0.05) is 11.0 Å². The number of hydrogen-bond acceptors (Lipinski definition) is 2. The normalized spacial score (nSPS) is 17.6. The molecule has 0 spiro atoms. The van der Waals surface area contributed by atoms with Crippen LogP contribution >= 0.6 is 0 Å². The Kier molecular flexibility index (Phi) is 3.12. The van der Waals surface area contributed by atoms with E-state index in [2.05, 4.69) is 0 Å². The fourth-order valence-corrected chi connectivity index (χ4v) is 1.33. The van der Waals surface area contributed by atoms with E-state index in [0.29, 0.717) is 0 Å². The summed E-state index contributed by atoms with van der Waals surface area (Å²) in [6, 6.07) is 0. The molecule has 0 radical (unpaired) electrons. The average molecular weight is 182 g/mol. The van der Waals surface area contributed by atoms with E-state index in [-0.39, 0.29) is 11.2 Å². The van der Waals surface area contributed by atoms with Crippen LogP contribution in [0.15, 0.2) is 11.8 Å². The fourth-order valence-electron chi connectivity index (χ4n) is 1.33. The zero-order valence-electron chi connectivity index (χ0n) is 8.72. The van der Waals surface area contributed by atoms with Crippen molar-refractivity contribution in [3.05, 3.63) is 11.8 Å². The molecule has 0 atom stereocenters. The average Bonchev–Trinajstić information content (AvgIpc) is 2.18. The zero-order valence-corrected chi connectivity index (χ0v) is 8.72. The lowest BCUT2D eigenvalue weighted by atomic mass is 9.81. The van der Waals surface area contributed by atoms with E-state index in [1.165, 1.54) is 0 Å². The van der Waals surface area contributed by atoms with Crippen molar-refractivity contribution in [1.82, 2.24) is 0 Å². The molecule has 74 valence electrons. The Hall–Kier alpha value is -0.790. The Morgan fingerprint density at radius 2 is 2.31 bits per heavy atom. The Bertz CT molecular complexity index is 226. The number of Topliss-reactive ketones (excluding diaryl/α,β-unsaturated/α-hetero) is 1. The van der Waals surface area contributed by atoms with Crippen LogP contribution in [0.1, 0.15) is 40.0 Å². The molecule has 1 heterocycles. The minimum Gasteiger partial charge on any atom is -0.501 e. The van der Waals surface area contributed by atoms with E-state index in [9.17, 15) is 4.79 Å². The number of carbonyl (C=O) groups excluding carboxylic acids is 1. The number of ketones is 1. The highest BCUT2D eigenvalue weighted by molar-refractivity contribution is 5.99. The van der Waals surface area contributed by atoms with Crippen LogP contribution in [0.5, 0.6) is 0 Å². The summed E-state index contributed by atoms with van der Waals surface area (Å²) < 4.78 is 5.16. The maximum absolute atomic E-state index is 11.9. The Morgan fingerprint density at radius 1 is 1.62 bits per heavy atom. The van der Waals surface area contributed by atoms with Gasteiger partial charge in [-0.2, -0.15) is 0 Å². The molecule has 0 amide bonds. The third kappa shape index (κ3) is 2.33. The molecule has 0 bridgehead atoms. The summed E-state index contributed by atoms with van der Waals surface area (Å²) in [6.07, 6.45) is 4.37. The second kappa shape index (κ2) is 3.95. The van der Waals surface area contributed by atoms with Crippen LogP contribution in [-0.2, 0) is 9.53 Å². The lowest BCUT2D eigenvalue weighted by molar-refractivity contribution is -0.123. The quantitative estimate of drug-likeness (QED) is 0.670. The number of carbonyl (C=O) groups is 1. The predicted octanol–water partition coefficient (Wildman–Crippen LogP) is 2.69. The van der Waals surface area contributed by atoms with Crippen LogP contribution in [-0.4, -0.2) is 12.4 Å². The van der Waals surface area contributed by atoms with Gasteiger partial charge in [0.05, 0.1) is 12.9 Å². The lowest BCUT2D eigenvalue weighted by Crippen LogP contribution is -2.26. The van der Waals surface area contributed by atoms with Crippen LogP contribution in [0.2, 0.25) is 0 Å². The summed E-state index contributed by atoms with van der Waals surface area (Å²) >= 11 is 0. The highest BCUT2D eigenvalue weighted by Gasteiger charge is 2.28. The van der Waals surface area contributed by atoms with Crippen LogP contribution in [0.4, 0.5) is 0 Å². The molecule has 0 aromatic rings. The van der Waals surface area contributed by atoms with Gasteiger partial charge in [-0.3, -0.25) is 4.79 Å². The SMILES string of the molecule is CCC(C)(C)C(=O)C1=COCCC1. The summed E-state index contributed by atoms with van der Waals surface area (Å²) in [6.45, 7) is 6.78. The molecule has 1 aliphatic rings. The molecule has 0 fully saturated rings. The molecule has 0 aromatic heterocycles. The second-order valence-electron chi connectivity index (χ2n) is 4.18. The van der Waals surface area contributed by atoms with Gasteiger partial charge in [-0.05, 0) is 19.3 Å². The second-order valence-corrected chi connectivity index (χ2v) is 4.18. The first-order chi connectivity index (χ1) is 6.08. The van der Waals surface area contributed by atoms with Crippen molar-refractivity contribution >= 4 is 5.78 Å². The monoisotopic (exact) mass is 182 g/mol. The molecule has 0 saturated heterocycles. The number of allylic oxidation sites excluding steroid dienone is 1. The molecular formula is C11H18O2. The minimum absolute atomic E-state index is 0.230. The van der Waals surface area contributed by atoms with Gasteiger partial charge in [-0.15, -0.1) is 0 Å².